The molecule has 0 aliphatic carbocycles. The average molecular weight is 272 g/mol. The van der Waals surface area contributed by atoms with Crippen molar-refractivity contribution >= 4 is 11.9 Å². The number of hydrogen-bond acceptors (Lipinski definition) is 3. The van der Waals surface area contributed by atoms with E-state index < -0.39 is 11.9 Å². The molecule has 5 heteroatoms. The third-order valence-corrected chi connectivity index (χ3v) is 2.20. The molecule has 1 atom stereocenters. The summed E-state index contributed by atoms with van der Waals surface area (Å²) in [6.07, 6.45) is 6.67. The number of carboxylic acids is 2. The fourth-order valence-corrected chi connectivity index (χ4v) is 1.16. The Morgan fingerprint density at radius 1 is 1.05 bits per heavy atom. The van der Waals surface area contributed by atoms with E-state index in [-0.39, 0.29) is 0 Å². The molecule has 0 aromatic heterocycles. The van der Waals surface area contributed by atoms with Gasteiger partial charge in [0.15, 0.2) is 0 Å². The minimum Gasteiger partial charge on any atom is -0.478 e. The molecule has 0 heterocycles. The summed E-state index contributed by atoms with van der Waals surface area (Å²) in [4.78, 5) is 19.1. The molecular formula is C14H24O5. The summed E-state index contributed by atoms with van der Waals surface area (Å²) >= 11 is 0. The van der Waals surface area contributed by atoms with Crippen LogP contribution in [0.25, 0.3) is 0 Å². The second-order valence-electron chi connectivity index (χ2n) is 4.49. The number of aliphatic carboxylic acids is 2. The molecule has 0 saturated carbocycles. The van der Waals surface area contributed by atoms with Gasteiger partial charge in [0.2, 0.25) is 0 Å². The van der Waals surface area contributed by atoms with Crippen LogP contribution < -0.4 is 0 Å². The van der Waals surface area contributed by atoms with Gasteiger partial charge in [0, 0.05) is 18.8 Å². The van der Waals surface area contributed by atoms with Crippen LogP contribution in [0.5, 0.6) is 0 Å². The van der Waals surface area contributed by atoms with Crippen molar-refractivity contribution in [2.24, 2.45) is 5.92 Å². The van der Waals surface area contributed by atoms with Gasteiger partial charge in [-0.15, -0.1) is 0 Å². The molecule has 0 rings (SSSR count). The van der Waals surface area contributed by atoms with Crippen LogP contribution in [0, 0.1) is 5.92 Å². The molecule has 110 valence electrons. The normalized spacial score (nSPS) is 11.4. The smallest absolute Gasteiger partial charge is 0.328 e. The first kappa shape index (κ1) is 19.7. The highest BCUT2D eigenvalue weighted by Gasteiger charge is 1.98. The fourth-order valence-electron chi connectivity index (χ4n) is 1.16. The molecule has 0 radical (unpaired) electrons. The summed E-state index contributed by atoms with van der Waals surface area (Å²) in [5.74, 6) is -1.85. The van der Waals surface area contributed by atoms with Gasteiger partial charge >= 0.3 is 11.9 Å². The van der Waals surface area contributed by atoms with Crippen LogP contribution in [0.4, 0.5) is 0 Å². The lowest BCUT2D eigenvalue weighted by Crippen LogP contribution is -1.96. The second-order valence-corrected chi connectivity index (χ2v) is 4.49. The first-order chi connectivity index (χ1) is 8.79. The van der Waals surface area contributed by atoms with Gasteiger partial charge in [-0.25, -0.2) is 9.59 Å². The predicted octanol–water partition coefficient (Wildman–Crippen LogP) is 2.46. The molecule has 3 N–H and O–H groups in total. The van der Waals surface area contributed by atoms with Crippen LogP contribution in [-0.4, -0.2) is 33.9 Å². The second kappa shape index (κ2) is 12.8. The average Bonchev–Trinajstić information content (AvgIpc) is 2.27. The van der Waals surface area contributed by atoms with Gasteiger partial charge in [-0.1, -0.05) is 18.6 Å². The Morgan fingerprint density at radius 3 is 1.84 bits per heavy atom. The summed E-state index contributed by atoms with van der Waals surface area (Å²) < 4.78 is 0. The Morgan fingerprint density at radius 2 is 1.53 bits per heavy atom. The van der Waals surface area contributed by atoms with E-state index in [2.05, 4.69) is 26.8 Å². The molecule has 0 aliphatic rings. The molecule has 19 heavy (non-hydrogen) atoms. The molecule has 0 aromatic carbocycles. The van der Waals surface area contributed by atoms with Gasteiger partial charge in [0.05, 0.1) is 0 Å². The molecule has 0 aliphatic heterocycles. The molecule has 0 spiro atoms. The summed E-state index contributed by atoms with van der Waals surface area (Å²) in [5, 5.41) is 24.3. The van der Waals surface area contributed by atoms with Gasteiger partial charge < -0.3 is 15.3 Å². The van der Waals surface area contributed by atoms with E-state index in [1.54, 1.807) is 0 Å². The minimum absolute atomic E-state index is 0.329. The van der Waals surface area contributed by atoms with Crippen LogP contribution in [0.15, 0.2) is 23.8 Å². The van der Waals surface area contributed by atoms with Gasteiger partial charge in [-0.05, 0) is 39.0 Å². The van der Waals surface area contributed by atoms with Crippen molar-refractivity contribution < 1.29 is 24.9 Å². The van der Waals surface area contributed by atoms with E-state index in [4.69, 9.17) is 15.3 Å². The first-order valence-electron chi connectivity index (χ1n) is 6.17. The lowest BCUT2D eigenvalue weighted by Gasteiger charge is -2.06. The summed E-state index contributed by atoms with van der Waals surface area (Å²) in [5.41, 5.74) is 1.39. The molecule has 0 fully saturated rings. The number of aliphatic hydroxyl groups excluding tert-OH is 1. The van der Waals surface area contributed by atoms with Gasteiger partial charge in [0.1, 0.15) is 0 Å². The largest absolute Gasteiger partial charge is 0.478 e. The van der Waals surface area contributed by atoms with Gasteiger partial charge in [-0.3, -0.25) is 0 Å². The van der Waals surface area contributed by atoms with Crippen LogP contribution in [0.1, 0.15) is 40.0 Å². The minimum atomic E-state index is -1.26. The number of rotatable bonds is 7. The maximum atomic E-state index is 9.55. The van der Waals surface area contributed by atoms with E-state index in [1.165, 1.54) is 12.0 Å². The zero-order valence-corrected chi connectivity index (χ0v) is 11.8. The zero-order chi connectivity index (χ0) is 15.3. The Bertz CT molecular complexity index is 298. The Balaban J connectivity index is 0. The van der Waals surface area contributed by atoms with E-state index >= 15 is 0 Å². The molecule has 5 nitrogen and oxygen atoms in total. The quantitative estimate of drug-likeness (QED) is 0.489. The number of carbonyl (C=O) groups is 2. The van der Waals surface area contributed by atoms with Crippen LogP contribution in [-0.2, 0) is 9.59 Å². The van der Waals surface area contributed by atoms with Crippen molar-refractivity contribution in [3.05, 3.63) is 23.8 Å². The molecule has 0 aromatic rings. The topological polar surface area (TPSA) is 94.8 Å². The molecule has 0 saturated heterocycles. The van der Waals surface area contributed by atoms with Crippen LogP contribution >= 0.6 is 0 Å². The van der Waals surface area contributed by atoms with Crippen molar-refractivity contribution in [1.29, 1.82) is 0 Å². The van der Waals surface area contributed by atoms with E-state index in [1.807, 2.05) is 0 Å². The van der Waals surface area contributed by atoms with Crippen molar-refractivity contribution in [1.82, 2.24) is 0 Å². The maximum Gasteiger partial charge on any atom is 0.328 e. The zero-order valence-electron chi connectivity index (χ0n) is 11.8. The Kier molecular flexibility index (Phi) is 13.3. The monoisotopic (exact) mass is 272 g/mol. The third kappa shape index (κ3) is 22.1. The highest BCUT2D eigenvalue weighted by Crippen LogP contribution is 2.10. The van der Waals surface area contributed by atoms with Crippen molar-refractivity contribution in [3.63, 3.8) is 0 Å². The number of allylic oxidation sites excluding steroid dienone is 2. The van der Waals surface area contributed by atoms with Crippen molar-refractivity contribution in [2.75, 3.05) is 6.61 Å². The Labute approximate surface area is 114 Å². The summed E-state index contributed by atoms with van der Waals surface area (Å²) in [7, 11) is 0. The molecular weight excluding hydrogens is 248 g/mol. The molecule has 0 bridgehead atoms. The molecule has 1 unspecified atom stereocenters. The van der Waals surface area contributed by atoms with Gasteiger partial charge in [-0.2, -0.15) is 0 Å². The van der Waals surface area contributed by atoms with E-state index in [0.29, 0.717) is 24.7 Å². The third-order valence-electron chi connectivity index (χ3n) is 2.20. The van der Waals surface area contributed by atoms with E-state index in [9.17, 15) is 9.59 Å². The lowest BCUT2D eigenvalue weighted by molar-refractivity contribution is -0.134. The molecule has 0 amide bonds. The summed E-state index contributed by atoms with van der Waals surface area (Å²) in [6, 6.07) is 0. The highest BCUT2D eigenvalue weighted by molar-refractivity contribution is 5.89. The predicted molar refractivity (Wildman–Crippen MR) is 73.9 cm³/mol. The summed E-state index contributed by atoms with van der Waals surface area (Å²) in [6.45, 7) is 6.76. The van der Waals surface area contributed by atoms with Gasteiger partial charge in [0.25, 0.3) is 0 Å². The number of hydrogen-bond donors (Lipinski definition) is 3. The van der Waals surface area contributed by atoms with Crippen molar-refractivity contribution in [3.8, 4) is 0 Å². The standard InChI is InChI=1S/C10H20O.C4H4O4/c1-9(2)5-4-6-10(3)7-8-11;5-3(6)1-2-4(7)8/h5,10-11H,4,6-8H2,1-3H3;1-2H,(H,5,6)(H,7,8)/b;2-1-. The fraction of sp³-hybridized carbons (Fsp3) is 0.571. The first-order valence-corrected chi connectivity index (χ1v) is 6.17. The lowest BCUT2D eigenvalue weighted by atomic mass is 10.0. The van der Waals surface area contributed by atoms with Crippen molar-refractivity contribution in [2.45, 2.75) is 40.0 Å². The van der Waals surface area contributed by atoms with Crippen LogP contribution in [0.2, 0.25) is 0 Å². The number of aliphatic hydroxyl groups is 1. The van der Waals surface area contributed by atoms with Crippen LogP contribution in [0.3, 0.4) is 0 Å². The highest BCUT2D eigenvalue weighted by atomic mass is 16.4. The van der Waals surface area contributed by atoms with E-state index in [0.717, 1.165) is 12.8 Å². The Hall–Kier alpha value is -1.62. The number of carboxylic acid groups (broad SMARTS) is 2. The maximum absolute atomic E-state index is 9.55. The SMILES string of the molecule is CC(C)=CCCC(C)CCO.O=C(O)/C=C\C(=O)O.